The molecule has 2 saturated heterocycles. The summed E-state index contributed by atoms with van der Waals surface area (Å²) in [4.78, 5) is 19.4. The number of nitrogens with zero attached hydrogens (tertiary/aromatic N) is 2. The van der Waals surface area contributed by atoms with Gasteiger partial charge in [0.2, 0.25) is 0 Å². The van der Waals surface area contributed by atoms with Crippen molar-refractivity contribution in [1.29, 1.82) is 5.26 Å². The number of hydrogen-bond acceptors (Lipinski definition) is 5. The number of amides is 1. The molecule has 0 spiro atoms. The first-order valence-electron chi connectivity index (χ1n) is 11.4. The number of rotatable bonds is 5. The van der Waals surface area contributed by atoms with Gasteiger partial charge < -0.3 is 19.7 Å². The molecule has 2 fully saturated rings. The lowest BCUT2D eigenvalue weighted by Gasteiger charge is -2.34. The number of nitrogens with one attached hydrogen (secondary N) is 3. The molecule has 0 saturated carbocycles. The number of aromatic nitrogens is 1. The van der Waals surface area contributed by atoms with Crippen LogP contribution in [0.1, 0.15) is 49.1 Å². The van der Waals surface area contributed by atoms with E-state index in [1.54, 1.807) is 0 Å². The molecular formula is C23H35N5O3+2. The van der Waals surface area contributed by atoms with Crippen LogP contribution < -0.4 is 20.1 Å². The average molecular weight is 430 g/mol. The molecule has 0 unspecified atom stereocenters. The Bertz CT molecular complexity index is 865. The van der Waals surface area contributed by atoms with Crippen molar-refractivity contribution in [2.75, 3.05) is 50.8 Å². The summed E-state index contributed by atoms with van der Waals surface area (Å²) in [7, 11) is 0. The first-order valence-corrected chi connectivity index (χ1v) is 11.4. The molecule has 168 valence electrons. The Balaban J connectivity index is 1.38. The molecule has 3 aliphatic rings. The van der Waals surface area contributed by atoms with Gasteiger partial charge in [-0.2, -0.15) is 5.26 Å². The van der Waals surface area contributed by atoms with Gasteiger partial charge in [0.1, 0.15) is 43.5 Å². The number of carbonyl (C=O) groups excluding carboxylic acids is 1. The predicted octanol–water partition coefficient (Wildman–Crippen LogP) is -0.468. The van der Waals surface area contributed by atoms with Crippen LogP contribution in [-0.4, -0.2) is 63.5 Å². The molecular weight excluding hydrogens is 394 g/mol. The smallest absolute Gasteiger partial charge is 0.293 e. The van der Waals surface area contributed by atoms with Crippen LogP contribution in [0, 0.1) is 18.3 Å². The Morgan fingerprint density at radius 2 is 2.13 bits per heavy atom. The van der Waals surface area contributed by atoms with Crippen LogP contribution >= 0.6 is 0 Å². The number of pyridine rings is 1. The van der Waals surface area contributed by atoms with Crippen molar-refractivity contribution in [3.63, 3.8) is 0 Å². The minimum absolute atomic E-state index is 0.0927. The normalized spacial score (nSPS) is 23.3. The highest BCUT2D eigenvalue weighted by Gasteiger charge is 2.36. The summed E-state index contributed by atoms with van der Waals surface area (Å²) in [5, 5.41) is 13.0. The minimum Gasteiger partial charge on any atom is -0.376 e. The fourth-order valence-electron chi connectivity index (χ4n) is 4.87. The van der Waals surface area contributed by atoms with Gasteiger partial charge in [-0.25, -0.2) is 9.88 Å². The standard InChI is InChI=1S/C23H33N5O3/c1-16-20-15-31-23(2,3)11-18(20)19(12-24)22(26-16)28-8-6-27(7-9-28)14-21(29)25-13-17-5-4-10-30-17/h17H,4-11,13-15H2,1-3H3,(H,25,29)/p+2/t17-/m0/s1. The quantitative estimate of drug-likeness (QED) is 0.660. The Labute approximate surface area is 184 Å². The number of aryl methyl sites for hydroxylation is 1. The molecule has 0 radical (unpaired) electrons. The monoisotopic (exact) mass is 429 g/mol. The molecule has 31 heavy (non-hydrogen) atoms. The van der Waals surface area contributed by atoms with Crippen LogP contribution in [0.25, 0.3) is 0 Å². The highest BCUT2D eigenvalue weighted by Crippen LogP contribution is 2.33. The van der Waals surface area contributed by atoms with Gasteiger partial charge in [-0.15, -0.1) is 0 Å². The molecule has 8 nitrogen and oxygen atoms in total. The summed E-state index contributed by atoms with van der Waals surface area (Å²) in [5.41, 5.74) is 3.79. The Morgan fingerprint density at radius 3 is 2.81 bits per heavy atom. The van der Waals surface area contributed by atoms with Gasteiger partial charge in [0.25, 0.3) is 11.7 Å². The number of carbonyl (C=O) groups is 1. The Kier molecular flexibility index (Phi) is 6.47. The van der Waals surface area contributed by atoms with Gasteiger partial charge >= 0.3 is 0 Å². The Morgan fingerprint density at radius 1 is 1.35 bits per heavy atom. The highest BCUT2D eigenvalue weighted by atomic mass is 16.5. The van der Waals surface area contributed by atoms with Crippen molar-refractivity contribution in [3.05, 3.63) is 22.4 Å². The number of H-pyrrole nitrogens is 1. The second kappa shape index (κ2) is 9.11. The van der Waals surface area contributed by atoms with E-state index in [0.717, 1.165) is 80.3 Å². The number of anilines is 1. The molecule has 3 aliphatic heterocycles. The summed E-state index contributed by atoms with van der Waals surface area (Å²) < 4.78 is 11.5. The minimum atomic E-state index is -0.261. The van der Waals surface area contributed by atoms with E-state index in [1.165, 1.54) is 4.90 Å². The molecule has 0 bridgehead atoms. The van der Waals surface area contributed by atoms with Crippen molar-refractivity contribution in [1.82, 2.24) is 5.32 Å². The second-order valence-corrected chi connectivity index (χ2v) is 9.62. The first-order chi connectivity index (χ1) is 14.9. The summed E-state index contributed by atoms with van der Waals surface area (Å²) in [5.74, 6) is 1.01. The summed E-state index contributed by atoms with van der Waals surface area (Å²) in [6, 6.07) is 2.46. The van der Waals surface area contributed by atoms with E-state index < -0.39 is 0 Å². The number of hydrogen-bond donors (Lipinski definition) is 2. The van der Waals surface area contributed by atoms with E-state index in [2.05, 4.69) is 42.0 Å². The van der Waals surface area contributed by atoms with E-state index in [0.29, 0.717) is 19.7 Å². The summed E-state index contributed by atoms with van der Waals surface area (Å²) in [6.07, 6.45) is 3.04. The number of piperazine rings is 1. The number of aromatic amines is 1. The van der Waals surface area contributed by atoms with Gasteiger partial charge in [-0.05, 0) is 39.2 Å². The number of ether oxygens (including phenoxy) is 2. The second-order valence-electron chi connectivity index (χ2n) is 9.62. The molecule has 1 amide bonds. The zero-order chi connectivity index (χ0) is 22.0. The maximum Gasteiger partial charge on any atom is 0.293 e. The highest BCUT2D eigenvalue weighted by molar-refractivity contribution is 5.76. The maximum atomic E-state index is 12.3. The van der Waals surface area contributed by atoms with E-state index in [9.17, 15) is 10.1 Å². The van der Waals surface area contributed by atoms with Gasteiger partial charge in [-0.1, -0.05) is 0 Å². The fraction of sp³-hybridized carbons (Fsp3) is 0.696. The molecule has 1 atom stereocenters. The van der Waals surface area contributed by atoms with Gasteiger partial charge in [0, 0.05) is 25.1 Å². The number of quaternary nitrogens is 1. The van der Waals surface area contributed by atoms with Crippen LogP contribution in [0.2, 0.25) is 0 Å². The zero-order valence-electron chi connectivity index (χ0n) is 19.0. The molecule has 8 heteroatoms. The van der Waals surface area contributed by atoms with Crippen molar-refractivity contribution in [2.24, 2.45) is 0 Å². The SMILES string of the molecule is Cc1[nH+]c(N2CC[NH+](CC(=O)NC[C@@H]3CCCO3)CC2)c(C#N)c2c1COC(C)(C)C2. The molecule has 4 rings (SSSR count). The van der Waals surface area contributed by atoms with Crippen molar-refractivity contribution >= 4 is 11.7 Å². The van der Waals surface area contributed by atoms with Gasteiger partial charge in [0.15, 0.2) is 6.54 Å². The third-order valence-electron chi connectivity index (χ3n) is 6.73. The van der Waals surface area contributed by atoms with Crippen LogP contribution in [0.15, 0.2) is 0 Å². The maximum absolute atomic E-state index is 12.3. The molecule has 3 N–H and O–H groups in total. The lowest BCUT2D eigenvalue weighted by Crippen LogP contribution is -3.16. The van der Waals surface area contributed by atoms with Crippen LogP contribution in [0.5, 0.6) is 0 Å². The Hall–Kier alpha value is -2.21. The number of fused-ring (bicyclic) bond motifs is 1. The zero-order valence-corrected chi connectivity index (χ0v) is 19.0. The largest absolute Gasteiger partial charge is 0.376 e. The van der Waals surface area contributed by atoms with E-state index in [-0.39, 0.29) is 17.6 Å². The summed E-state index contributed by atoms with van der Waals surface area (Å²) in [6.45, 7) is 12.1. The van der Waals surface area contributed by atoms with Crippen LogP contribution in [-0.2, 0) is 27.3 Å². The fourth-order valence-corrected chi connectivity index (χ4v) is 4.87. The van der Waals surface area contributed by atoms with Crippen molar-refractivity contribution in [3.8, 4) is 6.07 Å². The van der Waals surface area contributed by atoms with Crippen molar-refractivity contribution < 1.29 is 24.2 Å². The molecule has 1 aromatic heterocycles. The van der Waals surface area contributed by atoms with Gasteiger partial charge in [0.05, 0.1) is 18.3 Å². The average Bonchev–Trinajstić information content (AvgIpc) is 3.25. The predicted molar refractivity (Wildman–Crippen MR) is 115 cm³/mol. The third-order valence-corrected chi connectivity index (χ3v) is 6.73. The van der Waals surface area contributed by atoms with Crippen molar-refractivity contribution in [2.45, 2.75) is 58.3 Å². The lowest BCUT2D eigenvalue weighted by molar-refractivity contribution is -0.892. The number of nitriles is 1. The molecule has 0 aromatic carbocycles. The molecule has 0 aliphatic carbocycles. The molecule has 4 heterocycles. The lowest BCUT2D eigenvalue weighted by atomic mass is 9.88. The van der Waals surface area contributed by atoms with E-state index >= 15 is 0 Å². The van der Waals surface area contributed by atoms with Crippen LogP contribution in [0.3, 0.4) is 0 Å². The van der Waals surface area contributed by atoms with Crippen LogP contribution in [0.4, 0.5) is 5.82 Å². The first kappa shape index (κ1) is 22.0. The van der Waals surface area contributed by atoms with Gasteiger partial charge in [-0.3, -0.25) is 4.79 Å². The molecule has 1 aromatic rings. The summed E-state index contributed by atoms with van der Waals surface area (Å²) >= 11 is 0. The van der Waals surface area contributed by atoms with E-state index in [1.807, 2.05) is 0 Å². The third kappa shape index (κ3) is 5.00. The van der Waals surface area contributed by atoms with E-state index in [4.69, 9.17) is 9.47 Å². The topological polar surface area (TPSA) is 93.2 Å².